The Balaban J connectivity index is 1.64. The molecule has 0 spiro atoms. The summed E-state index contributed by atoms with van der Waals surface area (Å²) in [5, 5.41) is 12.9. The summed E-state index contributed by atoms with van der Waals surface area (Å²) in [6.45, 7) is 2.54. The minimum absolute atomic E-state index is 0.121. The van der Waals surface area contributed by atoms with Gasteiger partial charge in [-0.05, 0) is 67.3 Å². The zero-order valence-corrected chi connectivity index (χ0v) is 14.9. The molecule has 0 radical (unpaired) electrons. The lowest BCUT2D eigenvalue weighted by atomic mass is 9.83. The summed E-state index contributed by atoms with van der Waals surface area (Å²) in [6.07, 6.45) is 6.77. The first-order valence-electron chi connectivity index (χ1n) is 8.54. The molecule has 25 heavy (non-hydrogen) atoms. The number of benzene rings is 1. The van der Waals surface area contributed by atoms with Crippen LogP contribution in [0.4, 0.5) is 10.5 Å². The van der Waals surface area contributed by atoms with E-state index in [2.05, 4.69) is 20.8 Å². The van der Waals surface area contributed by atoms with Crippen molar-refractivity contribution in [3.63, 3.8) is 0 Å². The second-order valence-electron chi connectivity index (χ2n) is 6.48. The molecule has 132 valence electrons. The van der Waals surface area contributed by atoms with Crippen LogP contribution < -0.4 is 10.5 Å². The molecule has 1 atom stereocenters. The highest BCUT2D eigenvalue weighted by molar-refractivity contribution is 7.91. The fourth-order valence-electron chi connectivity index (χ4n) is 3.57. The number of nitrogens with one attached hydrogen (secondary N) is 1. The maximum atomic E-state index is 12.6. The standard InChI is InChI=1S/C17H21N5O2S/c1-2-22-9-8-15(20-22)25(18,24)21-17(23)19-16-13-5-3-4-11(13)10-12-6-7-14(12)16/h8-10H,2-7H2,1H3,(H3,18,19,21,23,24). The van der Waals surface area contributed by atoms with E-state index < -0.39 is 15.9 Å². The molecule has 1 heterocycles. The van der Waals surface area contributed by atoms with E-state index in [9.17, 15) is 9.00 Å². The quantitative estimate of drug-likeness (QED) is 0.879. The predicted molar refractivity (Wildman–Crippen MR) is 95.8 cm³/mol. The fraction of sp³-hybridized carbons (Fsp3) is 0.412. The number of urea groups is 1. The fourth-order valence-corrected chi connectivity index (χ4v) is 4.43. The maximum Gasteiger partial charge on any atom is 0.354 e. The number of hydrogen-bond donors (Lipinski definition) is 2. The topological polar surface area (TPSA) is 102 Å². The molecule has 1 unspecified atom stereocenters. The molecule has 0 aliphatic heterocycles. The molecule has 3 N–H and O–H groups in total. The van der Waals surface area contributed by atoms with Gasteiger partial charge in [0.1, 0.15) is 0 Å². The molecular formula is C17H21N5O2S. The number of carbonyl (C=O) groups excluding carboxylic acids is 1. The number of nitrogens with zero attached hydrogens (tertiary/aromatic N) is 3. The number of aryl methyl sites for hydroxylation is 3. The van der Waals surface area contributed by atoms with E-state index in [1.807, 2.05) is 6.92 Å². The van der Waals surface area contributed by atoms with Gasteiger partial charge in [-0.15, -0.1) is 4.36 Å². The lowest BCUT2D eigenvalue weighted by molar-refractivity contribution is 0.260. The van der Waals surface area contributed by atoms with Crippen LogP contribution in [0.1, 0.15) is 35.6 Å². The Morgan fingerprint density at radius 2 is 2.08 bits per heavy atom. The van der Waals surface area contributed by atoms with Gasteiger partial charge in [0, 0.05) is 18.4 Å². The van der Waals surface area contributed by atoms with Crippen molar-refractivity contribution >= 4 is 21.6 Å². The van der Waals surface area contributed by atoms with Gasteiger partial charge < -0.3 is 5.32 Å². The van der Waals surface area contributed by atoms with Crippen LogP contribution >= 0.6 is 0 Å². The van der Waals surface area contributed by atoms with Crippen molar-refractivity contribution in [1.82, 2.24) is 9.78 Å². The average molecular weight is 359 g/mol. The predicted octanol–water partition coefficient (Wildman–Crippen LogP) is 2.42. The van der Waals surface area contributed by atoms with E-state index in [-0.39, 0.29) is 5.03 Å². The van der Waals surface area contributed by atoms with Crippen LogP contribution in [-0.4, -0.2) is 20.0 Å². The number of hydrogen-bond acceptors (Lipinski definition) is 3. The molecule has 7 nitrogen and oxygen atoms in total. The van der Waals surface area contributed by atoms with Crippen molar-refractivity contribution in [2.45, 2.75) is 50.6 Å². The van der Waals surface area contributed by atoms with Crippen LogP contribution in [0.2, 0.25) is 0 Å². The molecule has 1 aromatic heterocycles. The summed E-state index contributed by atoms with van der Waals surface area (Å²) in [7, 11) is -3.36. The molecule has 2 amide bonds. The van der Waals surface area contributed by atoms with Crippen molar-refractivity contribution in [2.75, 3.05) is 5.32 Å². The largest absolute Gasteiger partial charge is 0.354 e. The van der Waals surface area contributed by atoms with Crippen molar-refractivity contribution in [2.24, 2.45) is 9.50 Å². The summed E-state index contributed by atoms with van der Waals surface area (Å²) in [5.41, 5.74) is 5.85. The van der Waals surface area contributed by atoms with Gasteiger partial charge in [0.05, 0.1) is 0 Å². The number of rotatable bonds is 3. The summed E-state index contributed by atoms with van der Waals surface area (Å²) < 4.78 is 17.9. The zero-order chi connectivity index (χ0) is 17.6. The van der Waals surface area contributed by atoms with E-state index >= 15 is 0 Å². The first-order chi connectivity index (χ1) is 12.0. The highest BCUT2D eigenvalue weighted by Crippen LogP contribution is 2.39. The Morgan fingerprint density at radius 3 is 2.76 bits per heavy atom. The summed E-state index contributed by atoms with van der Waals surface area (Å²) >= 11 is 0. The maximum absolute atomic E-state index is 12.6. The molecule has 0 fully saturated rings. The molecule has 2 aliphatic rings. The molecular weight excluding hydrogens is 338 g/mol. The Hall–Kier alpha value is -2.19. The van der Waals surface area contributed by atoms with Gasteiger partial charge in [0.2, 0.25) is 0 Å². The minimum Gasteiger partial charge on any atom is -0.305 e. The van der Waals surface area contributed by atoms with E-state index in [1.54, 1.807) is 10.9 Å². The van der Waals surface area contributed by atoms with E-state index in [1.165, 1.54) is 28.3 Å². The zero-order valence-electron chi connectivity index (χ0n) is 14.1. The monoisotopic (exact) mass is 359 g/mol. The normalized spacial score (nSPS) is 17.2. The molecule has 0 saturated heterocycles. The van der Waals surface area contributed by atoms with Crippen molar-refractivity contribution in [3.05, 3.63) is 40.6 Å². The molecule has 8 heteroatoms. The second kappa shape index (κ2) is 5.96. The lowest BCUT2D eigenvalue weighted by Gasteiger charge is -2.25. The van der Waals surface area contributed by atoms with Crippen molar-refractivity contribution in [1.29, 1.82) is 0 Å². The van der Waals surface area contributed by atoms with Crippen LogP contribution in [0.3, 0.4) is 0 Å². The van der Waals surface area contributed by atoms with Gasteiger partial charge in [0.15, 0.2) is 14.9 Å². The van der Waals surface area contributed by atoms with Crippen LogP contribution in [-0.2, 0) is 42.1 Å². The molecule has 1 aromatic carbocycles. The third-order valence-electron chi connectivity index (χ3n) is 4.93. The van der Waals surface area contributed by atoms with Crippen molar-refractivity contribution < 1.29 is 9.00 Å². The van der Waals surface area contributed by atoms with Gasteiger partial charge in [0.25, 0.3) is 0 Å². The van der Waals surface area contributed by atoms with Gasteiger partial charge in [-0.25, -0.2) is 14.1 Å². The van der Waals surface area contributed by atoms with E-state index in [0.717, 1.165) is 37.8 Å². The number of aromatic nitrogens is 2. The highest BCUT2D eigenvalue weighted by atomic mass is 32.2. The summed E-state index contributed by atoms with van der Waals surface area (Å²) in [5.74, 6) is 0. The summed E-state index contributed by atoms with van der Waals surface area (Å²) in [6, 6.07) is 3.13. The number of anilines is 1. The first-order valence-corrected chi connectivity index (χ1v) is 10.1. The third-order valence-corrected chi connectivity index (χ3v) is 6.19. The van der Waals surface area contributed by atoms with Crippen LogP contribution in [0, 0.1) is 0 Å². The Kier molecular flexibility index (Phi) is 3.88. The SMILES string of the molecule is CCn1ccc(S(N)(=O)=NC(=O)Nc2c3c(cc4c2CC4)CCC3)n1. The van der Waals surface area contributed by atoms with Gasteiger partial charge in [-0.3, -0.25) is 4.68 Å². The van der Waals surface area contributed by atoms with E-state index in [0.29, 0.717) is 6.54 Å². The smallest absolute Gasteiger partial charge is 0.305 e. The number of nitrogens with two attached hydrogens (primary N) is 1. The third kappa shape index (κ3) is 2.85. The second-order valence-corrected chi connectivity index (χ2v) is 8.22. The van der Waals surface area contributed by atoms with Gasteiger partial charge >= 0.3 is 6.03 Å². The number of carbonyl (C=O) groups is 1. The van der Waals surface area contributed by atoms with Crippen LogP contribution in [0.15, 0.2) is 27.7 Å². The minimum atomic E-state index is -3.36. The highest BCUT2D eigenvalue weighted by Gasteiger charge is 2.26. The molecule has 0 bridgehead atoms. The first kappa shape index (κ1) is 16.3. The number of amides is 2. The Morgan fingerprint density at radius 1 is 1.32 bits per heavy atom. The Labute approximate surface area is 146 Å². The molecule has 2 aliphatic carbocycles. The lowest BCUT2D eigenvalue weighted by Crippen LogP contribution is -2.21. The average Bonchev–Trinajstić information content (AvgIpc) is 3.18. The molecule has 4 rings (SSSR count). The van der Waals surface area contributed by atoms with Gasteiger partial charge in [-0.1, -0.05) is 6.07 Å². The van der Waals surface area contributed by atoms with Crippen LogP contribution in [0.5, 0.6) is 0 Å². The van der Waals surface area contributed by atoms with Crippen molar-refractivity contribution in [3.8, 4) is 0 Å². The number of fused-ring (bicyclic) bond motifs is 2. The molecule has 0 saturated carbocycles. The Bertz CT molecular complexity index is 985. The summed E-state index contributed by atoms with van der Waals surface area (Å²) in [4.78, 5) is 12.4. The molecule has 2 aromatic rings. The van der Waals surface area contributed by atoms with Crippen LogP contribution in [0.25, 0.3) is 0 Å². The van der Waals surface area contributed by atoms with E-state index in [4.69, 9.17) is 5.14 Å². The van der Waals surface area contributed by atoms with Gasteiger partial charge in [-0.2, -0.15) is 5.10 Å².